The van der Waals surface area contributed by atoms with Crippen LogP contribution in [0.2, 0.25) is 0 Å². The van der Waals surface area contributed by atoms with Gasteiger partial charge in [-0.1, -0.05) is 18.2 Å². The fraction of sp³-hybridized carbons (Fsp3) is 0.533. The molecule has 0 aromatic heterocycles. The van der Waals surface area contributed by atoms with E-state index in [9.17, 15) is 9.59 Å². The molecule has 196 valence electrons. The molecule has 1 spiro atoms. The first-order valence-electron chi connectivity index (χ1n) is 13.4. The summed E-state index contributed by atoms with van der Waals surface area (Å²) in [6, 6.07) is 12.4. The van der Waals surface area contributed by atoms with E-state index >= 15 is 0 Å². The minimum Gasteiger partial charge on any atom is -0.497 e. The number of nitrogens with zero attached hydrogens (tertiary/aromatic N) is 1. The number of hydrogen-bond donors (Lipinski definition) is 0. The van der Waals surface area contributed by atoms with Crippen LogP contribution in [-0.2, 0) is 32.6 Å². The molecule has 2 bridgehead atoms. The topological polar surface area (TPSA) is 74.3 Å². The Hall–Kier alpha value is -3.06. The van der Waals surface area contributed by atoms with Gasteiger partial charge in [0, 0.05) is 30.4 Å². The van der Waals surface area contributed by atoms with E-state index < -0.39 is 0 Å². The van der Waals surface area contributed by atoms with Crippen LogP contribution in [0.1, 0.15) is 55.7 Å². The van der Waals surface area contributed by atoms with E-state index in [0.717, 1.165) is 50.8 Å². The zero-order valence-corrected chi connectivity index (χ0v) is 21.8. The highest BCUT2D eigenvalue weighted by Crippen LogP contribution is 2.64. The predicted octanol–water partition coefficient (Wildman–Crippen LogP) is 4.22. The number of aryl methyl sites for hydroxylation is 1. The second kappa shape index (κ2) is 9.35. The summed E-state index contributed by atoms with van der Waals surface area (Å²) in [7, 11) is 3.87. The molecule has 1 saturated carbocycles. The van der Waals surface area contributed by atoms with Gasteiger partial charge in [0.1, 0.15) is 18.0 Å². The van der Waals surface area contributed by atoms with Crippen molar-refractivity contribution in [3.05, 3.63) is 53.1 Å². The van der Waals surface area contributed by atoms with Crippen molar-refractivity contribution in [1.82, 2.24) is 4.90 Å². The molecular weight excluding hydrogens is 470 g/mol. The molecule has 7 nitrogen and oxygen atoms in total. The lowest BCUT2D eigenvalue weighted by molar-refractivity contribution is -0.166. The van der Waals surface area contributed by atoms with Crippen LogP contribution in [0.3, 0.4) is 0 Å². The first-order chi connectivity index (χ1) is 17.9. The Balaban J connectivity index is 1.21. The van der Waals surface area contributed by atoms with Crippen molar-refractivity contribution in [2.24, 2.45) is 5.92 Å². The summed E-state index contributed by atoms with van der Waals surface area (Å²) in [4.78, 5) is 27.3. The minimum atomic E-state index is -0.361. The largest absolute Gasteiger partial charge is 0.497 e. The van der Waals surface area contributed by atoms with E-state index in [4.69, 9.17) is 18.9 Å². The van der Waals surface area contributed by atoms with Crippen molar-refractivity contribution in [2.45, 2.75) is 75.5 Å². The molecule has 0 amide bonds. The second-order valence-electron chi connectivity index (χ2n) is 11.0. The van der Waals surface area contributed by atoms with E-state index in [-0.39, 0.29) is 29.6 Å². The Morgan fingerprint density at radius 3 is 2.70 bits per heavy atom. The van der Waals surface area contributed by atoms with E-state index in [1.807, 2.05) is 30.3 Å². The number of esters is 2. The average molecular weight is 506 g/mol. The number of benzene rings is 2. The van der Waals surface area contributed by atoms with Crippen molar-refractivity contribution in [1.29, 1.82) is 0 Å². The number of carbonyl (C=O) groups excluding carboxylic acids is 2. The molecule has 0 N–H and O–H groups in total. The van der Waals surface area contributed by atoms with Gasteiger partial charge in [-0.25, -0.2) is 0 Å². The fourth-order valence-electron chi connectivity index (χ4n) is 7.49. The fourth-order valence-corrected chi connectivity index (χ4v) is 7.49. The number of ether oxygens (including phenoxy) is 4. The first kappa shape index (κ1) is 24.3. The van der Waals surface area contributed by atoms with Crippen molar-refractivity contribution >= 4 is 11.9 Å². The minimum absolute atomic E-state index is 0.173. The van der Waals surface area contributed by atoms with Crippen molar-refractivity contribution in [3.63, 3.8) is 0 Å². The van der Waals surface area contributed by atoms with Gasteiger partial charge < -0.3 is 23.8 Å². The van der Waals surface area contributed by atoms with E-state index in [0.29, 0.717) is 29.9 Å². The second-order valence-corrected chi connectivity index (χ2v) is 11.0. The Bertz CT molecular complexity index is 1210. The van der Waals surface area contributed by atoms with Crippen molar-refractivity contribution in [3.8, 4) is 17.2 Å². The van der Waals surface area contributed by atoms with Crippen LogP contribution in [0.4, 0.5) is 0 Å². The smallest absolute Gasteiger partial charge is 0.308 e. The summed E-state index contributed by atoms with van der Waals surface area (Å²) in [6.45, 7) is 2.39. The zero-order chi connectivity index (χ0) is 25.7. The lowest BCUT2D eigenvalue weighted by Gasteiger charge is -2.58. The summed E-state index contributed by atoms with van der Waals surface area (Å²) in [5.41, 5.74) is 3.44. The van der Waals surface area contributed by atoms with E-state index in [1.54, 1.807) is 7.11 Å². The van der Waals surface area contributed by atoms with Crippen LogP contribution in [0.5, 0.6) is 17.2 Å². The summed E-state index contributed by atoms with van der Waals surface area (Å²) < 4.78 is 23.6. The van der Waals surface area contributed by atoms with Gasteiger partial charge in [-0.2, -0.15) is 0 Å². The van der Waals surface area contributed by atoms with Gasteiger partial charge in [-0.15, -0.1) is 0 Å². The van der Waals surface area contributed by atoms with Crippen LogP contribution in [0.25, 0.3) is 0 Å². The summed E-state index contributed by atoms with van der Waals surface area (Å²) in [5.74, 6) is 1.90. The molecule has 6 rings (SSSR count). The third-order valence-electron chi connectivity index (χ3n) is 9.07. The van der Waals surface area contributed by atoms with Crippen molar-refractivity contribution in [2.75, 3.05) is 20.7 Å². The van der Waals surface area contributed by atoms with E-state index in [2.05, 4.69) is 18.0 Å². The first-order valence-corrected chi connectivity index (χ1v) is 13.4. The quantitative estimate of drug-likeness (QED) is 0.412. The highest BCUT2D eigenvalue weighted by molar-refractivity contribution is 5.73. The highest BCUT2D eigenvalue weighted by Gasteiger charge is 2.66. The number of rotatable bonds is 7. The van der Waals surface area contributed by atoms with Crippen molar-refractivity contribution < 1.29 is 28.5 Å². The average Bonchev–Trinajstić information content (AvgIpc) is 3.24. The van der Waals surface area contributed by atoms with E-state index in [1.165, 1.54) is 23.6 Å². The molecule has 0 radical (unpaired) electrons. The summed E-state index contributed by atoms with van der Waals surface area (Å²) >= 11 is 0. The van der Waals surface area contributed by atoms with Gasteiger partial charge >= 0.3 is 11.9 Å². The molecule has 2 aromatic carbocycles. The molecule has 0 unspecified atom stereocenters. The maximum absolute atomic E-state index is 13.0. The molecule has 2 aromatic rings. The van der Waals surface area contributed by atoms with Gasteiger partial charge in [0.05, 0.1) is 7.11 Å². The lowest BCUT2D eigenvalue weighted by atomic mass is 9.51. The maximum atomic E-state index is 13.0. The van der Waals surface area contributed by atoms with Gasteiger partial charge in [0.2, 0.25) is 0 Å². The number of piperidine rings is 1. The highest BCUT2D eigenvalue weighted by atomic mass is 16.6. The van der Waals surface area contributed by atoms with Gasteiger partial charge in [0.25, 0.3) is 0 Å². The molecular formula is C30H35NO6. The zero-order valence-electron chi connectivity index (χ0n) is 21.8. The summed E-state index contributed by atoms with van der Waals surface area (Å²) in [5, 5.41) is 0. The SMILES string of the molecule is COc1ccc(CCCC(=O)O[C@H]2CC[C@H]3[C@H]4Cc5ccc(OC(C)=O)c6c5[C@@]3(CCN4C)[C@H]2O6)cc1. The third kappa shape index (κ3) is 3.99. The Kier molecular flexibility index (Phi) is 6.14. The molecule has 2 fully saturated rings. The Morgan fingerprint density at radius 1 is 1.14 bits per heavy atom. The molecule has 2 aliphatic carbocycles. The normalized spacial score (nSPS) is 29.2. The predicted molar refractivity (Wildman–Crippen MR) is 137 cm³/mol. The number of likely N-dealkylation sites (N-methyl/N-ethyl adjacent to an activating group) is 1. The lowest BCUT2D eigenvalue weighted by Crippen LogP contribution is -2.66. The standard InChI is InChI=1S/C30H35NO6/c1-18(32)35-24-13-9-20-17-23-22-12-14-25(29-30(22,15-16-31(23)2)27(20)28(24)37-29)36-26(33)6-4-5-19-7-10-21(34-3)11-8-19/h7-11,13,22-23,25,29H,4-6,12,14-17H2,1-3H3/t22-,23+,25-,29-,30-/m0/s1. The number of methoxy groups -OCH3 is 1. The number of carbonyl (C=O) groups is 2. The van der Waals surface area contributed by atoms with Gasteiger partial charge in [0.15, 0.2) is 11.5 Å². The van der Waals surface area contributed by atoms with Crippen LogP contribution >= 0.6 is 0 Å². The molecule has 37 heavy (non-hydrogen) atoms. The Labute approximate surface area is 218 Å². The molecule has 5 atom stereocenters. The Morgan fingerprint density at radius 2 is 1.95 bits per heavy atom. The summed E-state index contributed by atoms with van der Waals surface area (Å²) in [6.07, 6.45) is 5.05. The molecule has 1 saturated heterocycles. The monoisotopic (exact) mass is 505 g/mol. The van der Waals surface area contributed by atoms with Gasteiger partial charge in [-0.3, -0.25) is 9.59 Å². The number of likely N-dealkylation sites (tertiary alicyclic amines) is 1. The molecule has 7 heteroatoms. The third-order valence-corrected chi connectivity index (χ3v) is 9.07. The number of hydrogen-bond acceptors (Lipinski definition) is 7. The molecule has 4 aliphatic rings. The van der Waals surface area contributed by atoms with Crippen LogP contribution in [0.15, 0.2) is 36.4 Å². The maximum Gasteiger partial charge on any atom is 0.308 e. The van der Waals surface area contributed by atoms with Crippen LogP contribution in [0, 0.1) is 5.92 Å². The van der Waals surface area contributed by atoms with Crippen LogP contribution < -0.4 is 14.2 Å². The molecule has 2 aliphatic heterocycles. The van der Waals surface area contributed by atoms with Crippen LogP contribution in [-0.4, -0.2) is 55.8 Å². The molecule has 2 heterocycles. The van der Waals surface area contributed by atoms with Gasteiger partial charge in [-0.05, 0) is 87.4 Å².